The fraction of sp³-hybridized carbons (Fsp3) is 0.400. The lowest BCUT2D eigenvalue weighted by atomic mass is 9.85. The van der Waals surface area contributed by atoms with E-state index in [0.29, 0.717) is 11.8 Å². The summed E-state index contributed by atoms with van der Waals surface area (Å²) in [5, 5.41) is 4.67. The zero-order valence-corrected chi connectivity index (χ0v) is 22.1. The minimum atomic E-state index is -1.15. The number of hydrogen-bond acceptors (Lipinski definition) is 3. The first-order valence-electron chi connectivity index (χ1n) is 12.9. The molecule has 3 aromatic rings. The smallest absolute Gasteiger partial charge is 0.0863 e. The molecular weight excluding hydrogens is 473 g/mol. The fourth-order valence-electron chi connectivity index (χ4n) is 5.94. The molecule has 2 fully saturated rings. The van der Waals surface area contributed by atoms with E-state index in [2.05, 4.69) is 59.3 Å². The Morgan fingerprint density at radius 2 is 1.12 bits per heavy atom. The van der Waals surface area contributed by atoms with Crippen LogP contribution in [-0.4, -0.2) is 4.21 Å². The van der Waals surface area contributed by atoms with Crippen molar-refractivity contribution in [2.75, 3.05) is 0 Å². The van der Waals surface area contributed by atoms with Crippen molar-refractivity contribution in [1.29, 1.82) is 0 Å². The third-order valence-corrected chi connectivity index (χ3v) is 11.1. The van der Waals surface area contributed by atoms with Crippen LogP contribution in [0.2, 0.25) is 0 Å². The summed E-state index contributed by atoms with van der Waals surface area (Å²) in [4.78, 5) is 4.39. The Labute approximate surface area is 214 Å². The number of thiophene rings is 2. The highest BCUT2D eigenvalue weighted by molar-refractivity contribution is 8.04. The first-order chi connectivity index (χ1) is 16.8. The molecule has 176 valence electrons. The van der Waals surface area contributed by atoms with E-state index in [1.54, 1.807) is 22.7 Å². The quantitative estimate of drug-likeness (QED) is 0.345. The number of benzene rings is 1. The maximum absolute atomic E-state index is 13.8. The Morgan fingerprint density at radius 1 is 0.676 bits per heavy atom. The average molecular weight is 505 g/mol. The van der Waals surface area contributed by atoms with Gasteiger partial charge in [-0.15, -0.1) is 22.7 Å². The zero-order valence-electron chi connectivity index (χ0n) is 19.6. The molecule has 0 amide bonds. The summed E-state index contributed by atoms with van der Waals surface area (Å²) in [7, 11) is -1.15. The third-order valence-electron chi connectivity index (χ3n) is 7.84. The van der Waals surface area contributed by atoms with E-state index < -0.39 is 10.8 Å². The maximum atomic E-state index is 13.8. The monoisotopic (exact) mass is 504 g/mol. The molecule has 2 saturated carbocycles. The van der Waals surface area contributed by atoms with Gasteiger partial charge in [0.15, 0.2) is 0 Å². The SMILES string of the molecule is O=S1/C(=C\c2cc(C3CCCCC3)cs2)c2ccccc2/C1=C\c1cc(C2CCCCC2)cs1. The van der Waals surface area contributed by atoms with Gasteiger partial charge in [-0.05, 0) is 94.8 Å². The molecule has 1 unspecified atom stereocenters. The van der Waals surface area contributed by atoms with Crippen LogP contribution in [0, 0.1) is 0 Å². The van der Waals surface area contributed by atoms with E-state index in [0.717, 1.165) is 20.9 Å². The Balaban J connectivity index is 1.30. The molecule has 0 saturated heterocycles. The second kappa shape index (κ2) is 10.1. The van der Waals surface area contributed by atoms with Gasteiger partial charge in [0.1, 0.15) is 0 Å². The Hall–Kier alpha value is -1.75. The van der Waals surface area contributed by atoms with Crippen molar-refractivity contribution in [2.45, 2.75) is 76.0 Å². The molecule has 0 bridgehead atoms. The lowest BCUT2D eigenvalue weighted by Gasteiger charge is -2.20. The predicted octanol–water partition coefficient (Wildman–Crippen LogP) is 9.66. The van der Waals surface area contributed by atoms with E-state index in [-0.39, 0.29) is 0 Å². The standard InChI is InChI=1S/C30H32OS3/c31-34-29(17-25-15-23(19-32-25)21-9-3-1-4-10-21)27-13-7-8-14-28(27)30(34)18-26-16-24(20-33-26)22-11-5-2-6-12-22/h7-8,13-22H,1-6,9-12H2/b29-17-,30-18+. The van der Waals surface area contributed by atoms with Crippen molar-refractivity contribution < 1.29 is 4.21 Å². The first-order valence-corrected chi connectivity index (χ1v) is 15.8. The molecule has 1 nitrogen and oxygen atoms in total. The molecule has 1 atom stereocenters. The van der Waals surface area contributed by atoms with E-state index in [9.17, 15) is 4.21 Å². The van der Waals surface area contributed by atoms with Gasteiger partial charge in [0.25, 0.3) is 0 Å². The molecule has 3 aliphatic rings. The maximum Gasteiger partial charge on any atom is 0.0863 e. The van der Waals surface area contributed by atoms with Gasteiger partial charge >= 0.3 is 0 Å². The highest BCUT2D eigenvalue weighted by atomic mass is 32.2. The van der Waals surface area contributed by atoms with Gasteiger partial charge in [-0.2, -0.15) is 0 Å². The summed E-state index contributed by atoms with van der Waals surface area (Å²) in [6, 6.07) is 13.1. The number of hydrogen-bond donors (Lipinski definition) is 0. The average Bonchev–Trinajstić information content (AvgIpc) is 3.62. The Morgan fingerprint density at radius 3 is 1.56 bits per heavy atom. The van der Waals surface area contributed by atoms with Crippen molar-refractivity contribution in [2.24, 2.45) is 0 Å². The summed E-state index contributed by atoms with van der Waals surface area (Å²) in [5.74, 6) is 1.43. The summed E-state index contributed by atoms with van der Waals surface area (Å²) in [6.45, 7) is 0. The molecule has 0 radical (unpaired) electrons. The number of rotatable bonds is 4. The van der Waals surface area contributed by atoms with Gasteiger partial charge in [-0.1, -0.05) is 62.8 Å². The van der Waals surface area contributed by atoms with Gasteiger partial charge in [0.05, 0.1) is 20.6 Å². The number of fused-ring (bicyclic) bond motifs is 1. The summed E-state index contributed by atoms with van der Waals surface area (Å²) < 4.78 is 13.8. The second-order valence-corrected chi connectivity index (χ2v) is 13.4. The fourth-order valence-corrected chi connectivity index (χ4v) is 9.40. The van der Waals surface area contributed by atoms with E-state index in [1.807, 2.05) is 0 Å². The summed E-state index contributed by atoms with van der Waals surface area (Å²) in [5.41, 5.74) is 5.23. The van der Waals surface area contributed by atoms with Crippen LogP contribution >= 0.6 is 22.7 Å². The van der Waals surface area contributed by atoms with Gasteiger partial charge in [-0.25, -0.2) is 4.21 Å². The lowest BCUT2D eigenvalue weighted by molar-refractivity contribution is 0.444. The summed E-state index contributed by atoms with van der Waals surface area (Å²) >= 11 is 3.61. The zero-order chi connectivity index (χ0) is 22.9. The minimum Gasteiger partial charge on any atom is -0.249 e. The van der Waals surface area contributed by atoms with Crippen LogP contribution in [0.3, 0.4) is 0 Å². The second-order valence-electron chi connectivity index (χ2n) is 10.1. The van der Waals surface area contributed by atoms with Crippen LogP contribution in [-0.2, 0) is 10.8 Å². The lowest BCUT2D eigenvalue weighted by Crippen LogP contribution is -2.02. The molecule has 2 aromatic heterocycles. The third kappa shape index (κ3) is 4.57. The topological polar surface area (TPSA) is 17.1 Å². The predicted molar refractivity (Wildman–Crippen MR) is 151 cm³/mol. The molecule has 6 rings (SSSR count). The van der Waals surface area contributed by atoms with Gasteiger partial charge < -0.3 is 0 Å². The van der Waals surface area contributed by atoms with Crippen molar-refractivity contribution in [3.05, 3.63) is 79.2 Å². The Bertz CT molecular complexity index is 1150. The molecular formula is C30H32OS3. The van der Waals surface area contributed by atoms with Crippen molar-refractivity contribution in [1.82, 2.24) is 0 Å². The van der Waals surface area contributed by atoms with Crippen LogP contribution < -0.4 is 0 Å². The normalized spacial score (nSPS) is 24.2. The van der Waals surface area contributed by atoms with Crippen LogP contribution in [0.1, 0.15) is 108 Å². The molecule has 34 heavy (non-hydrogen) atoms. The van der Waals surface area contributed by atoms with Gasteiger partial charge in [0, 0.05) is 9.75 Å². The van der Waals surface area contributed by atoms with Crippen LogP contribution in [0.5, 0.6) is 0 Å². The Kier molecular flexibility index (Phi) is 6.73. The molecule has 4 heteroatoms. The minimum absolute atomic E-state index is 0.714. The molecule has 1 aromatic carbocycles. The highest BCUT2D eigenvalue weighted by Crippen LogP contribution is 2.45. The van der Waals surface area contributed by atoms with Crippen LogP contribution in [0.4, 0.5) is 0 Å². The van der Waals surface area contributed by atoms with E-state index >= 15 is 0 Å². The molecule has 3 heterocycles. The summed E-state index contributed by atoms with van der Waals surface area (Å²) in [6.07, 6.45) is 17.8. The molecule has 0 spiro atoms. The first kappa shape index (κ1) is 22.7. The van der Waals surface area contributed by atoms with E-state index in [4.69, 9.17) is 0 Å². The van der Waals surface area contributed by atoms with Crippen molar-refractivity contribution in [3.8, 4) is 0 Å². The molecule has 2 aliphatic carbocycles. The van der Waals surface area contributed by atoms with E-state index in [1.165, 1.54) is 85.1 Å². The highest BCUT2D eigenvalue weighted by Gasteiger charge is 2.29. The largest absolute Gasteiger partial charge is 0.249 e. The van der Waals surface area contributed by atoms with Gasteiger partial charge in [-0.3, -0.25) is 0 Å². The van der Waals surface area contributed by atoms with Crippen molar-refractivity contribution in [3.63, 3.8) is 0 Å². The molecule has 0 N–H and O–H groups in total. The van der Waals surface area contributed by atoms with Crippen LogP contribution in [0.25, 0.3) is 22.0 Å². The van der Waals surface area contributed by atoms with Crippen molar-refractivity contribution >= 4 is 55.4 Å². The van der Waals surface area contributed by atoms with Crippen LogP contribution in [0.15, 0.2) is 47.2 Å². The van der Waals surface area contributed by atoms with Gasteiger partial charge in [0.2, 0.25) is 0 Å². The molecule has 1 aliphatic heterocycles.